The van der Waals surface area contributed by atoms with E-state index in [0.717, 1.165) is 5.56 Å². The minimum Gasteiger partial charge on any atom is -0.454 e. The summed E-state index contributed by atoms with van der Waals surface area (Å²) in [5, 5.41) is 5.60. The summed E-state index contributed by atoms with van der Waals surface area (Å²) in [7, 11) is 0. The summed E-state index contributed by atoms with van der Waals surface area (Å²) in [5.41, 5.74) is 1.03. The third-order valence-electron chi connectivity index (χ3n) is 3.29. The molecule has 1 aliphatic heterocycles. The summed E-state index contributed by atoms with van der Waals surface area (Å²) in [6, 6.07) is 8.42. The fourth-order valence-electron chi connectivity index (χ4n) is 2.09. The number of pyridine rings is 1. The third kappa shape index (κ3) is 3.94. The molecule has 0 saturated heterocycles. The van der Waals surface area contributed by atoms with E-state index < -0.39 is 5.91 Å². The maximum atomic E-state index is 11.9. The van der Waals surface area contributed by atoms with Crippen molar-refractivity contribution < 1.29 is 19.1 Å². The summed E-state index contributed by atoms with van der Waals surface area (Å²) in [4.78, 5) is 27.6. The number of rotatable bonds is 5. The monoisotopic (exact) mass is 347 g/mol. The van der Waals surface area contributed by atoms with Crippen molar-refractivity contribution in [3.05, 3.63) is 52.8 Å². The van der Waals surface area contributed by atoms with Crippen molar-refractivity contribution in [2.24, 2.45) is 0 Å². The largest absolute Gasteiger partial charge is 0.454 e. The maximum Gasteiger partial charge on any atom is 0.270 e. The molecule has 24 heavy (non-hydrogen) atoms. The van der Waals surface area contributed by atoms with Gasteiger partial charge >= 0.3 is 0 Å². The molecule has 3 rings (SSSR count). The Balaban J connectivity index is 1.47. The average Bonchev–Trinajstić information content (AvgIpc) is 3.05. The topological polar surface area (TPSA) is 89.6 Å². The van der Waals surface area contributed by atoms with Crippen LogP contribution in [-0.2, 0) is 11.3 Å². The van der Waals surface area contributed by atoms with Gasteiger partial charge in [-0.1, -0.05) is 17.7 Å². The van der Waals surface area contributed by atoms with E-state index in [0.29, 0.717) is 23.1 Å². The molecule has 1 aromatic carbocycles. The standard InChI is InChI=1S/C16H14ClN3O4/c17-11-3-4-18-12(6-11)16(22)20-8-15(21)19-7-10-1-2-13-14(5-10)24-9-23-13/h1-6H,7-9H2,(H,19,21)(H,20,22). The normalized spacial score (nSPS) is 11.9. The lowest BCUT2D eigenvalue weighted by Crippen LogP contribution is -2.36. The Morgan fingerprint density at radius 3 is 2.79 bits per heavy atom. The summed E-state index contributed by atoms with van der Waals surface area (Å²) >= 11 is 5.79. The Morgan fingerprint density at radius 2 is 1.96 bits per heavy atom. The highest BCUT2D eigenvalue weighted by atomic mass is 35.5. The highest BCUT2D eigenvalue weighted by molar-refractivity contribution is 6.30. The number of hydrogen-bond donors (Lipinski definition) is 2. The van der Waals surface area contributed by atoms with Gasteiger partial charge in [0.15, 0.2) is 11.5 Å². The fourth-order valence-corrected chi connectivity index (χ4v) is 2.25. The number of fused-ring (bicyclic) bond motifs is 1. The van der Waals surface area contributed by atoms with Crippen molar-refractivity contribution in [3.8, 4) is 11.5 Å². The minimum atomic E-state index is -0.462. The molecular formula is C16H14ClN3O4. The Labute approximate surface area is 142 Å². The van der Waals surface area contributed by atoms with Crippen LogP contribution in [0.1, 0.15) is 16.1 Å². The smallest absolute Gasteiger partial charge is 0.270 e. The number of hydrogen-bond acceptors (Lipinski definition) is 5. The van der Waals surface area contributed by atoms with Crippen LogP contribution in [0.4, 0.5) is 0 Å². The summed E-state index contributed by atoms with van der Waals surface area (Å²) < 4.78 is 10.5. The molecule has 2 amide bonds. The second-order valence-electron chi connectivity index (χ2n) is 5.01. The van der Waals surface area contributed by atoms with E-state index >= 15 is 0 Å². The quantitative estimate of drug-likeness (QED) is 0.855. The van der Waals surface area contributed by atoms with Gasteiger partial charge in [-0.2, -0.15) is 0 Å². The Morgan fingerprint density at radius 1 is 1.12 bits per heavy atom. The summed E-state index contributed by atoms with van der Waals surface area (Å²) in [5.74, 6) is 0.562. The van der Waals surface area contributed by atoms with Crippen LogP contribution in [0.25, 0.3) is 0 Å². The first-order valence-corrected chi connectivity index (χ1v) is 7.54. The van der Waals surface area contributed by atoms with Crippen LogP contribution in [-0.4, -0.2) is 30.1 Å². The molecule has 0 spiro atoms. The number of aromatic nitrogens is 1. The van der Waals surface area contributed by atoms with Gasteiger partial charge in [-0.15, -0.1) is 0 Å². The van der Waals surface area contributed by atoms with Crippen molar-refractivity contribution >= 4 is 23.4 Å². The molecule has 1 aliphatic rings. The number of nitrogens with zero attached hydrogens (tertiary/aromatic N) is 1. The number of nitrogens with one attached hydrogen (secondary N) is 2. The third-order valence-corrected chi connectivity index (χ3v) is 3.53. The molecule has 1 aromatic heterocycles. The zero-order chi connectivity index (χ0) is 16.9. The molecule has 0 fully saturated rings. The molecule has 2 heterocycles. The SMILES string of the molecule is O=C(CNC(=O)c1cc(Cl)ccn1)NCc1ccc2c(c1)OCO2. The molecule has 2 N–H and O–H groups in total. The molecule has 7 nitrogen and oxygen atoms in total. The van der Waals surface area contributed by atoms with Crippen molar-refractivity contribution in [2.45, 2.75) is 6.54 Å². The van der Waals surface area contributed by atoms with E-state index in [-0.39, 0.29) is 24.9 Å². The van der Waals surface area contributed by atoms with Crippen LogP contribution in [0.15, 0.2) is 36.5 Å². The molecule has 0 aliphatic carbocycles. The number of carbonyl (C=O) groups is 2. The lowest BCUT2D eigenvalue weighted by Gasteiger charge is -2.07. The van der Waals surface area contributed by atoms with Crippen LogP contribution < -0.4 is 20.1 Å². The van der Waals surface area contributed by atoms with Gasteiger partial charge in [0, 0.05) is 17.8 Å². The summed E-state index contributed by atoms with van der Waals surface area (Å²) in [6.45, 7) is 0.368. The van der Waals surface area contributed by atoms with Gasteiger partial charge in [0.25, 0.3) is 5.91 Å². The number of amides is 2. The van der Waals surface area contributed by atoms with Crippen LogP contribution in [0.5, 0.6) is 11.5 Å². The molecule has 8 heteroatoms. The highest BCUT2D eigenvalue weighted by Gasteiger charge is 2.14. The fraction of sp³-hybridized carbons (Fsp3) is 0.188. The second-order valence-corrected chi connectivity index (χ2v) is 5.44. The number of carbonyl (C=O) groups excluding carboxylic acids is 2. The first kappa shape index (κ1) is 16.1. The number of benzene rings is 1. The van der Waals surface area contributed by atoms with Gasteiger partial charge in [0.2, 0.25) is 12.7 Å². The van der Waals surface area contributed by atoms with E-state index in [9.17, 15) is 9.59 Å². The number of halogens is 1. The van der Waals surface area contributed by atoms with Gasteiger partial charge in [0.05, 0.1) is 6.54 Å². The van der Waals surface area contributed by atoms with E-state index in [1.54, 1.807) is 18.2 Å². The molecular weight excluding hydrogens is 334 g/mol. The van der Waals surface area contributed by atoms with E-state index in [4.69, 9.17) is 21.1 Å². The Kier molecular flexibility index (Phi) is 4.81. The molecule has 0 bridgehead atoms. The van der Waals surface area contributed by atoms with Gasteiger partial charge in [0.1, 0.15) is 5.69 Å². The number of ether oxygens (including phenoxy) is 2. The van der Waals surface area contributed by atoms with Gasteiger partial charge < -0.3 is 20.1 Å². The Bertz CT molecular complexity index is 782. The van der Waals surface area contributed by atoms with E-state index in [1.807, 2.05) is 6.07 Å². The van der Waals surface area contributed by atoms with Crippen LogP contribution in [0.3, 0.4) is 0 Å². The van der Waals surface area contributed by atoms with Crippen molar-refractivity contribution in [3.63, 3.8) is 0 Å². The van der Waals surface area contributed by atoms with Gasteiger partial charge in [-0.3, -0.25) is 14.6 Å². The molecule has 2 aromatic rings. The van der Waals surface area contributed by atoms with Crippen LogP contribution >= 0.6 is 11.6 Å². The van der Waals surface area contributed by atoms with E-state index in [1.165, 1.54) is 12.3 Å². The predicted octanol–water partition coefficient (Wildman–Crippen LogP) is 1.51. The average molecular weight is 348 g/mol. The Hall–Kier alpha value is -2.80. The van der Waals surface area contributed by atoms with Crippen molar-refractivity contribution in [1.29, 1.82) is 0 Å². The second kappa shape index (κ2) is 7.18. The minimum absolute atomic E-state index is 0.155. The van der Waals surface area contributed by atoms with E-state index in [2.05, 4.69) is 15.6 Å². The molecule has 0 atom stereocenters. The molecule has 124 valence electrons. The van der Waals surface area contributed by atoms with Gasteiger partial charge in [-0.25, -0.2) is 0 Å². The van der Waals surface area contributed by atoms with Crippen LogP contribution in [0.2, 0.25) is 5.02 Å². The zero-order valence-corrected chi connectivity index (χ0v) is 13.3. The summed E-state index contributed by atoms with van der Waals surface area (Å²) in [6.07, 6.45) is 1.43. The van der Waals surface area contributed by atoms with Crippen molar-refractivity contribution in [2.75, 3.05) is 13.3 Å². The first-order valence-electron chi connectivity index (χ1n) is 7.17. The lowest BCUT2D eigenvalue weighted by molar-refractivity contribution is -0.120. The predicted molar refractivity (Wildman–Crippen MR) is 86.0 cm³/mol. The maximum absolute atomic E-state index is 11.9. The molecule has 0 saturated carbocycles. The lowest BCUT2D eigenvalue weighted by atomic mass is 10.2. The van der Waals surface area contributed by atoms with Crippen LogP contribution in [0, 0.1) is 0 Å². The van der Waals surface area contributed by atoms with Crippen molar-refractivity contribution in [1.82, 2.24) is 15.6 Å². The molecule has 0 radical (unpaired) electrons. The first-order chi connectivity index (χ1) is 11.6. The molecule has 0 unspecified atom stereocenters. The highest BCUT2D eigenvalue weighted by Crippen LogP contribution is 2.32. The van der Waals surface area contributed by atoms with Gasteiger partial charge in [-0.05, 0) is 29.8 Å². The zero-order valence-electron chi connectivity index (χ0n) is 12.5.